The second kappa shape index (κ2) is 7.80. The highest BCUT2D eigenvalue weighted by Gasteiger charge is 2.42. The van der Waals surface area contributed by atoms with E-state index in [2.05, 4.69) is 15.4 Å². The number of nitrogens with zero attached hydrogens (tertiary/aromatic N) is 3. The molecule has 3 aromatic rings. The number of aromatic nitrogens is 3. The lowest BCUT2D eigenvalue weighted by Crippen LogP contribution is -2.15. The molecule has 2 heterocycles. The first-order valence-electron chi connectivity index (χ1n) is 7.84. The van der Waals surface area contributed by atoms with Crippen molar-refractivity contribution in [1.29, 1.82) is 0 Å². The lowest BCUT2D eigenvalue weighted by atomic mass is 10.2. The van der Waals surface area contributed by atoms with Crippen LogP contribution in [-0.2, 0) is 12.4 Å². The molecule has 158 valence electrons. The zero-order valence-electron chi connectivity index (χ0n) is 14.3. The highest BCUT2D eigenvalue weighted by atomic mass is 35.5. The van der Waals surface area contributed by atoms with Gasteiger partial charge in [-0.1, -0.05) is 23.2 Å². The molecular formula is C17H8Cl2F6N4O. The maximum Gasteiger partial charge on any atom is 0.435 e. The Bertz CT molecular complexity index is 1090. The number of hydrogen-bond donors (Lipinski definition) is 1. The Morgan fingerprint density at radius 2 is 1.57 bits per heavy atom. The quantitative estimate of drug-likeness (QED) is 0.386. The Balaban J connectivity index is 1.90. The molecule has 0 aliphatic carbocycles. The Morgan fingerprint density at radius 1 is 0.933 bits per heavy atom. The minimum atomic E-state index is -5.07. The van der Waals surface area contributed by atoms with Crippen molar-refractivity contribution < 1.29 is 31.1 Å². The van der Waals surface area contributed by atoms with Crippen molar-refractivity contribution in [1.82, 2.24) is 14.8 Å². The summed E-state index contributed by atoms with van der Waals surface area (Å²) in [4.78, 5) is 16.0. The Morgan fingerprint density at radius 3 is 2.13 bits per heavy atom. The third kappa shape index (κ3) is 4.68. The smallest absolute Gasteiger partial charge is 0.321 e. The number of carbonyl (C=O) groups excluding carboxylic acids is 1. The summed E-state index contributed by atoms with van der Waals surface area (Å²) in [5.74, 6) is -0.746. The van der Waals surface area contributed by atoms with Gasteiger partial charge >= 0.3 is 12.4 Å². The average Bonchev–Trinajstić information content (AvgIpc) is 3.10. The standard InChI is InChI=1S/C17H8Cl2F6N4O/c18-10-5-6-13(19)27-14(10)15(30)26-8-1-3-9(4-2-8)29-12(17(23,24)25)7-11(28-29)16(20,21)22/h1-7H,(H,26,30). The minimum Gasteiger partial charge on any atom is -0.321 e. The Kier molecular flexibility index (Phi) is 5.70. The average molecular weight is 469 g/mol. The monoisotopic (exact) mass is 468 g/mol. The van der Waals surface area contributed by atoms with E-state index in [1.54, 1.807) is 0 Å². The van der Waals surface area contributed by atoms with Crippen molar-refractivity contribution in [3.05, 3.63) is 69.7 Å². The number of carbonyl (C=O) groups is 1. The van der Waals surface area contributed by atoms with Crippen molar-refractivity contribution in [2.45, 2.75) is 12.4 Å². The van der Waals surface area contributed by atoms with E-state index in [4.69, 9.17) is 23.2 Å². The molecule has 0 fully saturated rings. The summed E-state index contributed by atoms with van der Waals surface area (Å²) in [5.41, 5.74) is -3.64. The summed E-state index contributed by atoms with van der Waals surface area (Å²) in [6.45, 7) is 0. The van der Waals surface area contributed by atoms with Crippen LogP contribution in [0.2, 0.25) is 10.2 Å². The molecule has 30 heavy (non-hydrogen) atoms. The SMILES string of the molecule is O=C(Nc1ccc(-n2nc(C(F)(F)F)cc2C(F)(F)F)cc1)c1nc(Cl)ccc1Cl. The second-order valence-electron chi connectivity index (χ2n) is 5.79. The maximum atomic E-state index is 13.1. The van der Waals surface area contributed by atoms with Gasteiger partial charge in [0.25, 0.3) is 5.91 Å². The summed E-state index contributed by atoms with van der Waals surface area (Å²) < 4.78 is 77.9. The summed E-state index contributed by atoms with van der Waals surface area (Å²) in [5, 5.41) is 5.45. The van der Waals surface area contributed by atoms with Gasteiger partial charge in [-0.3, -0.25) is 4.79 Å². The first kappa shape index (κ1) is 21.9. The molecule has 0 spiro atoms. The van der Waals surface area contributed by atoms with Crippen LogP contribution in [0.25, 0.3) is 5.69 Å². The number of alkyl halides is 6. The van der Waals surface area contributed by atoms with Crippen LogP contribution in [0.5, 0.6) is 0 Å². The van der Waals surface area contributed by atoms with Gasteiger partial charge in [-0.2, -0.15) is 31.4 Å². The van der Waals surface area contributed by atoms with E-state index in [-0.39, 0.29) is 38.0 Å². The van der Waals surface area contributed by atoms with Crippen LogP contribution in [0.3, 0.4) is 0 Å². The zero-order valence-corrected chi connectivity index (χ0v) is 15.8. The van der Waals surface area contributed by atoms with Gasteiger partial charge in [0.1, 0.15) is 16.5 Å². The molecule has 0 atom stereocenters. The predicted octanol–water partition coefficient (Wildman–Crippen LogP) is 5.86. The molecular weight excluding hydrogens is 461 g/mol. The highest BCUT2D eigenvalue weighted by Crippen LogP contribution is 2.36. The van der Waals surface area contributed by atoms with E-state index in [0.29, 0.717) is 0 Å². The van der Waals surface area contributed by atoms with Gasteiger partial charge in [-0.25, -0.2) is 9.67 Å². The van der Waals surface area contributed by atoms with Crippen molar-refractivity contribution in [3.8, 4) is 5.69 Å². The van der Waals surface area contributed by atoms with E-state index in [1.165, 1.54) is 24.3 Å². The summed E-state index contributed by atoms with van der Waals surface area (Å²) in [6.07, 6.45) is -10.1. The first-order valence-corrected chi connectivity index (χ1v) is 8.60. The Labute approximate surface area is 174 Å². The summed E-state index contributed by atoms with van der Waals surface area (Å²) >= 11 is 11.6. The number of halogens is 8. The fourth-order valence-electron chi connectivity index (χ4n) is 2.37. The lowest BCUT2D eigenvalue weighted by Gasteiger charge is -2.11. The number of nitrogens with one attached hydrogen (secondary N) is 1. The molecule has 0 aliphatic rings. The molecule has 3 rings (SSSR count). The predicted molar refractivity (Wildman–Crippen MR) is 95.8 cm³/mol. The van der Waals surface area contributed by atoms with Crippen LogP contribution in [0.15, 0.2) is 42.5 Å². The largest absolute Gasteiger partial charge is 0.435 e. The molecule has 1 N–H and O–H groups in total. The Hall–Kier alpha value is -2.79. The van der Waals surface area contributed by atoms with Crippen LogP contribution in [0, 0.1) is 0 Å². The molecule has 5 nitrogen and oxygen atoms in total. The van der Waals surface area contributed by atoms with E-state index in [0.717, 1.165) is 12.1 Å². The first-order chi connectivity index (χ1) is 13.9. The van der Waals surface area contributed by atoms with Crippen LogP contribution in [0.1, 0.15) is 21.9 Å². The molecule has 1 amide bonds. The molecule has 0 saturated carbocycles. The third-order valence-corrected chi connectivity index (χ3v) is 4.20. The number of rotatable bonds is 3. The summed E-state index contributed by atoms with van der Waals surface area (Å²) in [6, 6.07) is 7.12. The van der Waals surface area contributed by atoms with Gasteiger partial charge in [-0.05, 0) is 36.4 Å². The molecule has 13 heteroatoms. The normalized spacial score (nSPS) is 12.1. The zero-order chi connectivity index (χ0) is 22.3. The topological polar surface area (TPSA) is 59.8 Å². The van der Waals surface area contributed by atoms with Gasteiger partial charge in [0.15, 0.2) is 5.69 Å². The third-order valence-electron chi connectivity index (χ3n) is 3.69. The molecule has 0 bridgehead atoms. The highest BCUT2D eigenvalue weighted by molar-refractivity contribution is 6.35. The molecule has 1 aromatic carbocycles. The molecule has 0 radical (unpaired) electrons. The number of benzene rings is 1. The van der Waals surface area contributed by atoms with E-state index in [1.807, 2.05) is 0 Å². The number of anilines is 1. The number of hydrogen-bond acceptors (Lipinski definition) is 3. The fourth-order valence-corrected chi connectivity index (χ4v) is 2.71. The number of pyridine rings is 1. The minimum absolute atomic E-state index is 0.0127. The van der Waals surface area contributed by atoms with Crippen molar-refractivity contribution in [3.63, 3.8) is 0 Å². The van der Waals surface area contributed by atoms with Gasteiger partial charge < -0.3 is 5.32 Å². The second-order valence-corrected chi connectivity index (χ2v) is 6.58. The molecule has 0 aliphatic heterocycles. The van der Waals surface area contributed by atoms with Crippen molar-refractivity contribution in [2.75, 3.05) is 5.32 Å². The number of amides is 1. The van der Waals surface area contributed by atoms with Crippen molar-refractivity contribution >= 4 is 34.8 Å². The van der Waals surface area contributed by atoms with Crippen LogP contribution in [-0.4, -0.2) is 20.7 Å². The molecule has 2 aromatic heterocycles. The van der Waals surface area contributed by atoms with Crippen LogP contribution in [0.4, 0.5) is 32.0 Å². The summed E-state index contributed by atoms with van der Waals surface area (Å²) in [7, 11) is 0. The van der Waals surface area contributed by atoms with E-state index in [9.17, 15) is 31.1 Å². The van der Waals surface area contributed by atoms with Gasteiger partial charge in [0, 0.05) is 11.8 Å². The van der Waals surface area contributed by atoms with Crippen LogP contribution >= 0.6 is 23.2 Å². The van der Waals surface area contributed by atoms with E-state index >= 15 is 0 Å². The molecule has 0 unspecified atom stereocenters. The molecule has 0 saturated heterocycles. The van der Waals surface area contributed by atoms with Crippen molar-refractivity contribution in [2.24, 2.45) is 0 Å². The van der Waals surface area contributed by atoms with Crippen LogP contribution < -0.4 is 5.32 Å². The lowest BCUT2D eigenvalue weighted by molar-refractivity contribution is -0.143. The maximum absolute atomic E-state index is 13.1. The van der Waals surface area contributed by atoms with Gasteiger partial charge in [0.05, 0.1) is 10.7 Å². The van der Waals surface area contributed by atoms with E-state index < -0.39 is 29.6 Å². The fraction of sp³-hybridized carbons (Fsp3) is 0.118. The van der Waals surface area contributed by atoms with Gasteiger partial charge in [0.2, 0.25) is 0 Å². The van der Waals surface area contributed by atoms with Gasteiger partial charge in [-0.15, -0.1) is 0 Å².